The average Bonchev–Trinajstić information content (AvgIpc) is 2.53. The van der Waals surface area contributed by atoms with Crippen LogP contribution in [0.2, 0.25) is 0 Å². The number of guanidine groups is 1. The molecule has 156 valence electrons. The summed E-state index contributed by atoms with van der Waals surface area (Å²) in [6, 6.07) is 8.12. The lowest BCUT2D eigenvalue weighted by Crippen LogP contribution is -2.43. The first-order valence-corrected chi connectivity index (χ1v) is 11.2. The second-order valence-corrected chi connectivity index (χ2v) is 9.04. The Morgan fingerprint density at radius 1 is 1.19 bits per heavy atom. The Labute approximate surface area is 181 Å². The van der Waals surface area contributed by atoms with Crippen LogP contribution in [0.5, 0.6) is 5.75 Å². The van der Waals surface area contributed by atoms with Crippen LogP contribution in [0.25, 0.3) is 0 Å². The van der Waals surface area contributed by atoms with Gasteiger partial charge in [-0.25, -0.2) is 8.42 Å². The molecular weight excluding hydrogens is 477 g/mol. The quantitative estimate of drug-likeness (QED) is 0.287. The summed E-state index contributed by atoms with van der Waals surface area (Å²) in [6.45, 7) is 9.39. The maximum atomic E-state index is 11.3. The normalized spacial score (nSPS) is 13.0. The van der Waals surface area contributed by atoms with Crippen LogP contribution in [-0.4, -0.2) is 51.6 Å². The van der Waals surface area contributed by atoms with Gasteiger partial charge in [0.2, 0.25) is 0 Å². The smallest absolute Gasteiger partial charge is 0.191 e. The van der Waals surface area contributed by atoms with E-state index in [1.807, 2.05) is 39.8 Å². The monoisotopic (exact) mass is 511 g/mol. The van der Waals surface area contributed by atoms with E-state index in [1.165, 1.54) is 11.8 Å². The Morgan fingerprint density at radius 2 is 1.81 bits per heavy atom. The molecule has 1 unspecified atom stereocenters. The van der Waals surface area contributed by atoms with Gasteiger partial charge in [-0.1, -0.05) is 12.1 Å². The van der Waals surface area contributed by atoms with Crippen molar-refractivity contribution >= 4 is 39.8 Å². The topological polar surface area (TPSA) is 79.8 Å². The van der Waals surface area contributed by atoms with Gasteiger partial charge >= 0.3 is 0 Å². The van der Waals surface area contributed by atoms with Crippen molar-refractivity contribution in [3.05, 3.63) is 29.8 Å². The van der Waals surface area contributed by atoms with Crippen LogP contribution in [0.1, 0.15) is 39.7 Å². The number of hydrogen-bond donors (Lipinski definition) is 2. The minimum absolute atomic E-state index is 0. The lowest BCUT2D eigenvalue weighted by atomic mass is 10.1. The predicted molar refractivity (Wildman–Crippen MR) is 124 cm³/mol. The van der Waals surface area contributed by atoms with Crippen molar-refractivity contribution in [3.63, 3.8) is 0 Å². The van der Waals surface area contributed by atoms with Gasteiger partial charge in [-0.3, -0.25) is 4.99 Å². The van der Waals surface area contributed by atoms with Gasteiger partial charge in [0.15, 0.2) is 5.96 Å². The highest BCUT2D eigenvalue weighted by molar-refractivity contribution is 14.0. The van der Waals surface area contributed by atoms with E-state index in [2.05, 4.69) is 27.8 Å². The number of nitrogens with zero attached hydrogens (tertiary/aromatic N) is 1. The fourth-order valence-electron chi connectivity index (χ4n) is 2.32. The number of benzene rings is 1. The van der Waals surface area contributed by atoms with E-state index in [0.29, 0.717) is 18.9 Å². The van der Waals surface area contributed by atoms with Gasteiger partial charge in [-0.05, 0) is 58.2 Å². The van der Waals surface area contributed by atoms with Crippen molar-refractivity contribution < 1.29 is 13.2 Å². The zero-order valence-corrected chi connectivity index (χ0v) is 20.1. The minimum Gasteiger partial charge on any atom is -0.491 e. The van der Waals surface area contributed by atoms with Gasteiger partial charge in [0.1, 0.15) is 15.6 Å². The molecule has 1 rings (SSSR count). The molecular formula is C19H34IN3O3S. The van der Waals surface area contributed by atoms with Gasteiger partial charge in [0.05, 0.1) is 11.9 Å². The number of aliphatic imine (C=N–C) groups is 1. The third kappa shape index (κ3) is 12.9. The molecule has 1 aromatic rings. The Balaban J connectivity index is 0.00000676. The molecule has 0 amide bonds. The molecule has 0 radical (unpaired) electrons. The van der Waals surface area contributed by atoms with Crippen molar-refractivity contribution in [1.29, 1.82) is 0 Å². The lowest BCUT2D eigenvalue weighted by Gasteiger charge is -2.17. The molecule has 0 heterocycles. The highest BCUT2D eigenvalue weighted by Gasteiger charge is 2.09. The summed E-state index contributed by atoms with van der Waals surface area (Å²) in [5.74, 6) is 1.76. The molecule has 0 aliphatic heterocycles. The molecule has 0 saturated heterocycles. The van der Waals surface area contributed by atoms with Gasteiger partial charge in [0.25, 0.3) is 0 Å². The van der Waals surface area contributed by atoms with Crippen molar-refractivity contribution in [2.45, 2.75) is 52.7 Å². The van der Waals surface area contributed by atoms with Gasteiger partial charge < -0.3 is 15.4 Å². The fourth-order valence-corrected chi connectivity index (χ4v) is 3.10. The molecule has 2 N–H and O–H groups in total. The van der Waals surface area contributed by atoms with Crippen molar-refractivity contribution in [3.8, 4) is 5.75 Å². The van der Waals surface area contributed by atoms with Crippen LogP contribution < -0.4 is 15.4 Å². The van der Waals surface area contributed by atoms with E-state index in [-0.39, 0.29) is 41.9 Å². The molecule has 0 aliphatic rings. The first kappa shape index (κ1) is 26.0. The molecule has 1 atom stereocenters. The van der Waals surface area contributed by atoms with Crippen LogP contribution in [0, 0.1) is 0 Å². The van der Waals surface area contributed by atoms with Crippen molar-refractivity contribution in [2.75, 3.05) is 25.1 Å². The van der Waals surface area contributed by atoms with Crippen molar-refractivity contribution in [2.24, 2.45) is 4.99 Å². The number of rotatable bonds is 10. The highest BCUT2D eigenvalue weighted by atomic mass is 127. The molecule has 0 aromatic heterocycles. The second kappa shape index (κ2) is 13.2. The van der Waals surface area contributed by atoms with E-state index in [9.17, 15) is 8.42 Å². The number of ether oxygens (including phenoxy) is 1. The molecule has 0 aliphatic carbocycles. The largest absolute Gasteiger partial charge is 0.491 e. The van der Waals surface area contributed by atoms with E-state index in [0.717, 1.165) is 18.7 Å². The van der Waals surface area contributed by atoms with Gasteiger partial charge in [0, 0.05) is 25.4 Å². The number of nitrogens with one attached hydrogen (secondary N) is 2. The molecule has 1 aromatic carbocycles. The minimum atomic E-state index is -2.94. The Bertz CT molecular complexity index is 661. The molecule has 27 heavy (non-hydrogen) atoms. The second-order valence-electron chi connectivity index (χ2n) is 6.79. The molecule has 6 nitrogen and oxygen atoms in total. The maximum Gasteiger partial charge on any atom is 0.191 e. The summed E-state index contributed by atoms with van der Waals surface area (Å²) >= 11 is 0. The Kier molecular flexibility index (Phi) is 12.7. The first-order valence-electron chi connectivity index (χ1n) is 9.17. The first-order chi connectivity index (χ1) is 12.2. The zero-order valence-electron chi connectivity index (χ0n) is 17.0. The van der Waals surface area contributed by atoms with E-state index >= 15 is 0 Å². The van der Waals surface area contributed by atoms with Crippen LogP contribution in [0.3, 0.4) is 0 Å². The molecule has 0 saturated carbocycles. The SMILES string of the molecule is CCNC(=NCCc1ccc(OC(C)C)cc1)NC(C)CCS(C)(=O)=O.I. The van der Waals surface area contributed by atoms with Crippen molar-refractivity contribution in [1.82, 2.24) is 10.6 Å². The Hall–Kier alpha value is -1.03. The van der Waals surface area contributed by atoms with E-state index in [1.54, 1.807) is 0 Å². The van der Waals surface area contributed by atoms with Gasteiger partial charge in [-0.2, -0.15) is 0 Å². The van der Waals surface area contributed by atoms with Crippen LogP contribution >= 0.6 is 24.0 Å². The van der Waals surface area contributed by atoms with E-state index < -0.39 is 9.84 Å². The maximum absolute atomic E-state index is 11.3. The molecule has 0 fully saturated rings. The van der Waals surface area contributed by atoms with Crippen LogP contribution in [-0.2, 0) is 16.3 Å². The summed E-state index contributed by atoms with van der Waals surface area (Å²) < 4.78 is 28.2. The molecule has 0 bridgehead atoms. The molecule has 0 spiro atoms. The van der Waals surface area contributed by atoms with E-state index in [4.69, 9.17) is 4.74 Å². The Morgan fingerprint density at radius 3 is 2.33 bits per heavy atom. The molecule has 8 heteroatoms. The zero-order chi connectivity index (χ0) is 19.6. The number of hydrogen-bond acceptors (Lipinski definition) is 4. The summed E-state index contributed by atoms with van der Waals surface area (Å²) in [4.78, 5) is 4.58. The predicted octanol–water partition coefficient (Wildman–Crippen LogP) is 3.01. The summed E-state index contributed by atoms with van der Waals surface area (Å²) in [5, 5.41) is 6.46. The number of sulfone groups is 1. The third-order valence-electron chi connectivity index (χ3n) is 3.61. The fraction of sp³-hybridized carbons (Fsp3) is 0.632. The standard InChI is InChI=1S/C19H33N3O3S.HI/c1-6-20-19(22-16(4)12-14-26(5,23)24)21-13-11-17-7-9-18(10-8-17)25-15(2)3;/h7-10,15-16H,6,11-14H2,1-5H3,(H2,20,21,22);1H. The highest BCUT2D eigenvalue weighted by Crippen LogP contribution is 2.14. The summed E-state index contributed by atoms with van der Waals surface area (Å²) in [7, 11) is -2.94. The lowest BCUT2D eigenvalue weighted by molar-refractivity contribution is 0.242. The van der Waals surface area contributed by atoms with Gasteiger partial charge in [-0.15, -0.1) is 24.0 Å². The summed E-state index contributed by atoms with van der Waals surface area (Å²) in [6.07, 6.45) is 2.82. The van der Waals surface area contributed by atoms with Crippen LogP contribution in [0.15, 0.2) is 29.3 Å². The third-order valence-corrected chi connectivity index (χ3v) is 4.59. The average molecular weight is 511 g/mol. The number of halogens is 1. The van der Waals surface area contributed by atoms with Crippen LogP contribution in [0.4, 0.5) is 0 Å². The summed E-state index contributed by atoms with van der Waals surface area (Å²) in [5.41, 5.74) is 1.20.